The summed E-state index contributed by atoms with van der Waals surface area (Å²) in [4.78, 5) is -0.327. The average Bonchev–Trinajstić information content (AvgIpc) is 2.38. The molecule has 1 aliphatic carbocycles. The predicted octanol–water partition coefficient (Wildman–Crippen LogP) is 2.71. The predicted molar refractivity (Wildman–Crippen MR) is 75.0 cm³/mol. The van der Waals surface area contributed by atoms with Gasteiger partial charge in [-0.05, 0) is 37.8 Å². The van der Waals surface area contributed by atoms with Crippen molar-refractivity contribution in [3.05, 3.63) is 28.0 Å². The first-order valence-electron chi connectivity index (χ1n) is 6.15. The third-order valence-corrected chi connectivity index (χ3v) is 5.64. The van der Waals surface area contributed by atoms with E-state index in [0.717, 1.165) is 6.07 Å². The molecule has 0 aliphatic heterocycles. The molecule has 1 aliphatic rings. The quantitative estimate of drug-likeness (QED) is 0.830. The van der Waals surface area contributed by atoms with E-state index in [1.165, 1.54) is 6.07 Å². The second kappa shape index (κ2) is 6.15. The minimum Gasteiger partial charge on any atom is -0.393 e. The monoisotopic (exact) mass is 341 g/mol. The number of rotatable bonds is 3. The van der Waals surface area contributed by atoms with Gasteiger partial charge in [0.1, 0.15) is 4.90 Å². The van der Waals surface area contributed by atoms with Gasteiger partial charge in [0.2, 0.25) is 10.0 Å². The lowest BCUT2D eigenvalue weighted by molar-refractivity contribution is 0.120. The number of hydrogen-bond acceptors (Lipinski definition) is 3. The number of aliphatic hydroxyl groups is 1. The molecule has 1 fully saturated rings. The number of sulfonamides is 1. The zero-order valence-electron chi connectivity index (χ0n) is 10.4. The third kappa shape index (κ3) is 3.43. The van der Waals surface area contributed by atoms with Crippen molar-refractivity contribution >= 4 is 33.2 Å². The van der Waals surface area contributed by atoms with Gasteiger partial charge in [0, 0.05) is 6.04 Å². The van der Waals surface area contributed by atoms with Crippen LogP contribution in [0.15, 0.2) is 17.0 Å². The highest BCUT2D eigenvalue weighted by atomic mass is 35.5. The second-order valence-corrected chi connectivity index (χ2v) is 7.27. The Morgan fingerprint density at radius 2 is 1.80 bits per heavy atom. The van der Waals surface area contributed by atoms with Crippen LogP contribution in [0.5, 0.6) is 0 Å². The van der Waals surface area contributed by atoms with E-state index in [4.69, 9.17) is 23.2 Å². The molecule has 1 aromatic rings. The molecule has 2 N–H and O–H groups in total. The molecular weight excluding hydrogens is 328 g/mol. The minimum absolute atomic E-state index is 0.227. The summed E-state index contributed by atoms with van der Waals surface area (Å²) in [5.74, 6) is -0.949. The Bertz CT molecular complexity index is 601. The van der Waals surface area contributed by atoms with Crippen LogP contribution in [0, 0.1) is 5.82 Å². The lowest BCUT2D eigenvalue weighted by atomic mass is 9.94. The molecule has 0 bridgehead atoms. The standard InChI is InChI=1S/C12H14Cl2FNO3S/c13-9-5-6-10(11(14)12(9)15)20(18,19)16-7-1-3-8(17)4-2-7/h5-8,16-17H,1-4H2. The highest BCUT2D eigenvalue weighted by molar-refractivity contribution is 7.89. The minimum atomic E-state index is -3.91. The van der Waals surface area contributed by atoms with E-state index in [-0.39, 0.29) is 22.1 Å². The lowest BCUT2D eigenvalue weighted by Crippen LogP contribution is -2.38. The number of hydrogen-bond donors (Lipinski definition) is 2. The van der Waals surface area contributed by atoms with Crippen LogP contribution in [0.3, 0.4) is 0 Å². The molecular formula is C12H14Cl2FNO3S. The van der Waals surface area contributed by atoms with E-state index >= 15 is 0 Å². The summed E-state index contributed by atoms with van der Waals surface area (Å²) in [5, 5.41) is 8.65. The SMILES string of the molecule is O=S(=O)(NC1CCC(O)CC1)c1ccc(Cl)c(F)c1Cl. The van der Waals surface area contributed by atoms with Crippen LogP contribution in [0.4, 0.5) is 4.39 Å². The lowest BCUT2D eigenvalue weighted by Gasteiger charge is -2.26. The Morgan fingerprint density at radius 1 is 1.20 bits per heavy atom. The van der Waals surface area contributed by atoms with E-state index in [1.807, 2.05) is 0 Å². The third-order valence-electron chi connectivity index (χ3n) is 3.31. The maximum Gasteiger partial charge on any atom is 0.242 e. The molecule has 112 valence electrons. The van der Waals surface area contributed by atoms with Crippen molar-refractivity contribution in [3.63, 3.8) is 0 Å². The van der Waals surface area contributed by atoms with Gasteiger partial charge in [-0.1, -0.05) is 23.2 Å². The molecule has 0 saturated heterocycles. The molecule has 0 atom stereocenters. The van der Waals surface area contributed by atoms with Crippen molar-refractivity contribution in [3.8, 4) is 0 Å². The Morgan fingerprint density at radius 3 is 2.40 bits per heavy atom. The first-order valence-corrected chi connectivity index (χ1v) is 8.39. The topological polar surface area (TPSA) is 66.4 Å². The Kier molecular flexibility index (Phi) is 4.92. The fraction of sp³-hybridized carbons (Fsp3) is 0.500. The van der Waals surface area contributed by atoms with Crippen LogP contribution in [0.2, 0.25) is 10.0 Å². The maximum absolute atomic E-state index is 13.6. The maximum atomic E-state index is 13.6. The summed E-state index contributed by atoms with van der Waals surface area (Å²) in [6.07, 6.45) is 1.76. The number of aliphatic hydroxyl groups excluding tert-OH is 1. The van der Waals surface area contributed by atoms with Gasteiger partial charge in [-0.25, -0.2) is 17.5 Å². The Balaban J connectivity index is 2.21. The van der Waals surface area contributed by atoms with Crippen molar-refractivity contribution < 1.29 is 17.9 Å². The molecule has 0 spiro atoms. The normalized spacial score (nSPS) is 23.8. The van der Waals surface area contributed by atoms with Crippen LogP contribution >= 0.6 is 23.2 Å². The van der Waals surface area contributed by atoms with Gasteiger partial charge in [0.05, 0.1) is 16.1 Å². The van der Waals surface area contributed by atoms with Crippen LogP contribution in [0.1, 0.15) is 25.7 Å². The molecule has 1 aromatic carbocycles. The molecule has 2 rings (SSSR count). The molecule has 4 nitrogen and oxygen atoms in total. The van der Waals surface area contributed by atoms with E-state index in [1.54, 1.807) is 0 Å². The molecule has 0 radical (unpaired) electrons. The van der Waals surface area contributed by atoms with E-state index < -0.39 is 20.9 Å². The van der Waals surface area contributed by atoms with Gasteiger partial charge in [-0.2, -0.15) is 0 Å². The Hall–Kier alpha value is -0.400. The van der Waals surface area contributed by atoms with Gasteiger partial charge in [0.25, 0.3) is 0 Å². The number of benzene rings is 1. The summed E-state index contributed by atoms with van der Waals surface area (Å²) in [6.45, 7) is 0. The molecule has 8 heteroatoms. The molecule has 0 amide bonds. The molecule has 0 heterocycles. The van der Waals surface area contributed by atoms with E-state index in [0.29, 0.717) is 25.7 Å². The molecule has 20 heavy (non-hydrogen) atoms. The Labute approximate surface area is 126 Å². The smallest absolute Gasteiger partial charge is 0.242 e. The van der Waals surface area contributed by atoms with Gasteiger partial charge < -0.3 is 5.11 Å². The largest absolute Gasteiger partial charge is 0.393 e. The van der Waals surface area contributed by atoms with Crippen molar-refractivity contribution in [2.24, 2.45) is 0 Å². The van der Waals surface area contributed by atoms with E-state index in [2.05, 4.69) is 4.72 Å². The fourth-order valence-corrected chi connectivity index (χ4v) is 4.24. The summed E-state index contributed by atoms with van der Waals surface area (Å²) in [7, 11) is -3.91. The molecule has 0 aromatic heterocycles. The number of halogens is 3. The van der Waals surface area contributed by atoms with Crippen molar-refractivity contribution in [1.29, 1.82) is 0 Å². The second-order valence-electron chi connectivity index (χ2n) is 4.80. The molecule has 0 unspecified atom stereocenters. The van der Waals surface area contributed by atoms with Crippen LogP contribution in [-0.4, -0.2) is 25.7 Å². The highest BCUT2D eigenvalue weighted by Gasteiger charge is 2.27. The first kappa shape index (κ1) is 16.0. The molecule has 1 saturated carbocycles. The summed E-state index contributed by atoms with van der Waals surface area (Å²) >= 11 is 11.2. The average molecular weight is 342 g/mol. The van der Waals surface area contributed by atoms with Crippen molar-refractivity contribution in [1.82, 2.24) is 4.72 Å². The van der Waals surface area contributed by atoms with Crippen molar-refractivity contribution in [2.75, 3.05) is 0 Å². The van der Waals surface area contributed by atoms with Crippen molar-refractivity contribution in [2.45, 2.75) is 42.7 Å². The fourth-order valence-electron chi connectivity index (χ4n) is 2.19. The van der Waals surface area contributed by atoms with E-state index in [9.17, 15) is 17.9 Å². The van der Waals surface area contributed by atoms with Gasteiger partial charge >= 0.3 is 0 Å². The van der Waals surface area contributed by atoms with Crippen LogP contribution < -0.4 is 4.72 Å². The summed E-state index contributed by atoms with van der Waals surface area (Å²) < 4.78 is 40.4. The number of nitrogens with one attached hydrogen (secondary N) is 1. The van der Waals surface area contributed by atoms with Gasteiger partial charge in [0.15, 0.2) is 5.82 Å². The first-order chi connectivity index (χ1) is 9.31. The van der Waals surface area contributed by atoms with Crippen LogP contribution in [0.25, 0.3) is 0 Å². The van der Waals surface area contributed by atoms with Gasteiger partial charge in [-0.3, -0.25) is 0 Å². The van der Waals surface area contributed by atoms with Gasteiger partial charge in [-0.15, -0.1) is 0 Å². The zero-order valence-corrected chi connectivity index (χ0v) is 12.8. The highest BCUT2D eigenvalue weighted by Crippen LogP contribution is 2.30. The summed E-state index contributed by atoms with van der Waals surface area (Å²) in [5.41, 5.74) is 0. The zero-order chi connectivity index (χ0) is 14.9. The van der Waals surface area contributed by atoms with Crippen LogP contribution in [-0.2, 0) is 10.0 Å². The summed E-state index contributed by atoms with van der Waals surface area (Å²) in [6, 6.07) is 2.05.